The molecule has 1 heterocycles. The lowest BCUT2D eigenvalue weighted by molar-refractivity contribution is -0.137. The second-order valence-electron chi connectivity index (χ2n) is 4.64. The number of methoxy groups -OCH3 is 1. The summed E-state index contributed by atoms with van der Waals surface area (Å²) in [6, 6.07) is 3.59. The van der Waals surface area contributed by atoms with Crippen molar-refractivity contribution >= 4 is 11.0 Å². The maximum atomic E-state index is 12.7. The molecule has 0 radical (unpaired) electrons. The lowest BCUT2D eigenvalue weighted by atomic mass is 10.2. The van der Waals surface area contributed by atoms with Gasteiger partial charge in [-0.25, -0.2) is 4.98 Å². The van der Waals surface area contributed by atoms with E-state index in [1.54, 1.807) is 18.7 Å². The fourth-order valence-corrected chi connectivity index (χ4v) is 2.06. The molecule has 4 nitrogen and oxygen atoms in total. The predicted octanol–water partition coefficient (Wildman–Crippen LogP) is 3.04. The third kappa shape index (κ3) is 3.74. The van der Waals surface area contributed by atoms with E-state index in [1.165, 1.54) is 6.07 Å². The lowest BCUT2D eigenvalue weighted by Gasteiger charge is -2.06. The summed E-state index contributed by atoms with van der Waals surface area (Å²) in [5.74, 6) is 0.696. The highest BCUT2D eigenvalue weighted by molar-refractivity contribution is 5.77. The summed E-state index contributed by atoms with van der Waals surface area (Å²) in [5.41, 5.74) is 0.338. The molecule has 0 aliphatic carbocycles. The van der Waals surface area contributed by atoms with Gasteiger partial charge in [-0.3, -0.25) is 0 Å². The van der Waals surface area contributed by atoms with Crippen LogP contribution >= 0.6 is 0 Å². The number of fused-ring (bicyclic) bond motifs is 1. The van der Waals surface area contributed by atoms with Gasteiger partial charge < -0.3 is 14.0 Å². The van der Waals surface area contributed by atoms with E-state index in [9.17, 15) is 13.2 Å². The van der Waals surface area contributed by atoms with Crippen molar-refractivity contribution in [1.29, 1.82) is 0 Å². The number of ether oxygens (including phenoxy) is 2. The molecule has 118 valence electrons. The zero-order chi connectivity index (χ0) is 15.5. The maximum absolute atomic E-state index is 12.7. The van der Waals surface area contributed by atoms with E-state index in [-0.39, 0.29) is 1.43 Å². The number of alkyl halides is 3. The van der Waals surface area contributed by atoms with Gasteiger partial charge in [0.05, 0.1) is 36.4 Å². The normalized spacial score (nSPS) is 12.2. The molecule has 0 saturated carbocycles. The predicted molar refractivity (Wildman–Crippen MR) is 74.2 cm³/mol. The summed E-state index contributed by atoms with van der Waals surface area (Å²) in [6.07, 6.45) is -3.81. The Bertz CT molecular complexity index is 614. The van der Waals surface area contributed by atoms with E-state index >= 15 is 0 Å². The number of hydrogen-bond donors (Lipinski definition) is 0. The number of nitrogens with zero attached hydrogens (tertiary/aromatic N) is 2. The highest BCUT2D eigenvalue weighted by Gasteiger charge is 2.30. The standard InChI is InChI=1S/C14H17F3N2O2.H2/c1-19-12-4-3-10(14(15,16)17)9-11(12)18-13(19)5-6-21-8-7-20-2;/h3-4,9H,5-8H2,1-2H3;1H. The van der Waals surface area contributed by atoms with Gasteiger partial charge in [0.1, 0.15) is 5.82 Å². The van der Waals surface area contributed by atoms with Gasteiger partial charge in [-0.05, 0) is 18.2 Å². The monoisotopic (exact) mass is 304 g/mol. The summed E-state index contributed by atoms with van der Waals surface area (Å²) in [7, 11) is 3.38. The van der Waals surface area contributed by atoms with Crippen molar-refractivity contribution < 1.29 is 24.1 Å². The fourth-order valence-electron chi connectivity index (χ4n) is 2.06. The van der Waals surface area contributed by atoms with Crippen molar-refractivity contribution in [3.05, 3.63) is 29.6 Å². The summed E-state index contributed by atoms with van der Waals surface area (Å²) in [5, 5.41) is 0. The highest BCUT2D eigenvalue weighted by Crippen LogP contribution is 2.31. The van der Waals surface area contributed by atoms with Gasteiger partial charge in [-0.2, -0.15) is 13.2 Å². The molecule has 0 bridgehead atoms. The SMILES string of the molecule is COCCOCCc1nc2cc(C(F)(F)F)ccc2n1C.[HH]. The molecular formula is C14H19F3N2O2. The minimum absolute atomic E-state index is 0. The molecule has 1 aromatic carbocycles. The molecule has 0 aliphatic rings. The van der Waals surface area contributed by atoms with Crippen LogP contribution in [0.3, 0.4) is 0 Å². The molecule has 0 fully saturated rings. The Morgan fingerprint density at radius 3 is 2.67 bits per heavy atom. The van der Waals surface area contributed by atoms with E-state index in [1.807, 2.05) is 0 Å². The molecule has 0 amide bonds. The fraction of sp³-hybridized carbons (Fsp3) is 0.500. The Hall–Kier alpha value is -1.60. The van der Waals surface area contributed by atoms with Crippen LogP contribution in [0.5, 0.6) is 0 Å². The first kappa shape index (κ1) is 15.8. The van der Waals surface area contributed by atoms with Gasteiger partial charge >= 0.3 is 6.18 Å². The van der Waals surface area contributed by atoms with Crippen molar-refractivity contribution in [2.24, 2.45) is 7.05 Å². The molecule has 0 atom stereocenters. The van der Waals surface area contributed by atoms with Crippen LogP contribution in [0.1, 0.15) is 12.8 Å². The minimum Gasteiger partial charge on any atom is -0.382 e. The van der Waals surface area contributed by atoms with Crippen LogP contribution in [0.15, 0.2) is 18.2 Å². The van der Waals surface area contributed by atoms with Crippen LogP contribution in [0, 0.1) is 0 Å². The number of aromatic nitrogens is 2. The first-order chi connectivity index (χ1) is 9.93. The van der Waals surface area contributed by atoms with E-state index in [0.717, 1.165) is 12.1 Å². The third-order valence-electron chi connectivity index (χ3n) is 3.20. The molecule has 0 spiro atoms. The zero-order valence-electron chi connectivity index (χ0n) is 11.9. The quantitative estimate of drug-likeness (QED) is 0.770. The van der Waals surface area contributed by atoms with E-state index in [2.05, 4.69) is 4.98 Å². The number of imidazole rings is 1. The van der Waals surface area contributed by atoms with Crippen LogP contribution < -0.4 is 0 Å². The number of aryl methyl sites for hydroxylation is 1. The average Bonchev–Trinajstić information content (AvgIpc) is 2.74. The number of halogens is 3. The first-order valence-corrected chi connectivity index (χ1v) is 6.52. The van der Waals surface area contributed by atoms with Gasteiger partial charge in [-0.15, -0.1) is 0 Å². The van der Waals surface area contributed by atoms with Gasteiger partial charge in [0.15, 0.2) is 0 Å². The maximum Gasteiger partial charge on any atom is 0.416 e. The molecule has 2 rings (SSSR count). The Labute approximate surface area is 122 Å². The van der Waals surface area contributed by atoms with E-state index in [4.69, 9.17) is 9.47 Å². The number of rotatable bonds is 6. The van der Waals surface area contributed by atoms with Gasteiger partial charge in [0, 0.05) is 22.0 Å². The Morgan fingerprint density at radius 1 is 1.24 bits per heavy atom. The third-order valence-corrected chi connectivity index (χ3v) is 3.20. The number of benzene rings is 1. The number of hydrogen-bond acceptors (Lipinski definition) is 3. The Morgan fingerprint density at radius 2 is 2.00 bits per heavy atom. The summed E-state index contributed by atoms with van der Waals surface area (Å²) < 4.78 is 50.0. The molecule has 0 N–H and O–H groups in total. The van der Waals surface area contributed by atoms with Crippen LogP contribution in [0.2, 0.25) is 0 Å². The second-order valence-corrected chi connectivity index (χ2v) is 4.64. The molecule has 2 aromatic rings. The average molecular weight is 304 g/mol. The van der Waals surface area contributed by atoms with E-state index in [0.29, 0.717) is 43.1 Å². The summed E-state index contributed by atoms with van der Waals surface area (Å²) in [4.78, 5) is 4.26. The van der Waals surface area contributed by atoms with Crippen LogP contribution in [-0.2, 0) is 29.1 Å². The topological polar surface area (TPSA) is 36.3 Å². The van der Waals surface area contributed by atoms with Crippen molar-refractivity contribution in [3.8, 4) is 0 Å². The minimum atomic E-state index is -4.35. The van der Waals surface area contributed by atoms with E-state index < -0.39 is 11.7 Å². The van der Waals surface area contributed by atoms with Crippen molar-refractivity contribution in [1.82, 2.24) is 9.55 Å². The smallest absolute Gasteiger partial charge is 0.382 e. The zero-order valence-corrected chi connectivity index (χ0v) is 11.9. The molecular weight excluding hydrogens is 285 g/mol. The largest absolute Gasteiger partial charge is 0.416 e. The Kier molecular flexibility index (Phi) is 4.84. The van der Waals surface area contributed by atoms with Crippen LogP contribution in [0.4, 0.5) is 13.2 Å². The van der Waals surface area contributed by atoms with Gasteiger partial charge in [-0.1, -0.05) is 0 Å². The molecule has 1 aromatic heterocycles. The van der Waals surface area contributed by atoms with Crippen LogP contribution in [0.25, 0.3) is 11.0 Å². The Balaban J connectivity index is 0.00000242. The lowest BCUT2D eigenvalue weighted by Crippen LogP contribution is -2.07. The molecule has 0 saturated heterocycles. The molecule has 7 heteroatoms. The molecule has 0 aliphatic heterocycles. The highest BCUT2D eigenvalue weighted by atomic mass is 19.4. The van der Waals surface area contributed by atoms with Crippen molar-refractivity contribution in [3.63, 3.8) is 0 Å². The summed E-state index contributed by atoms with van der Waals surface area (Å²) >= 11 is 0. The summed E-state index contributed by atoms with van der Waals surface area (Å²) in [6.45, 7) is 1.45. The van der Waals surface area contributed by atoms with Gasteiger partial charge in [0.25, 0.3) is 0 Å². The van der Waals surface area contributed by atoms with Crippen LogP contribution in [-0.4, -0.2) is 36.5 Å². The van der Waals surface area contributed by atoms with Gasteiger partial charge in [0.2, 0.25) is 0 Å². The molecule has 0 unspecified atom stereocenters. The molecule has 21 heavy (non-hydrogen) atoms. The first-order valence-electron chi connectivity index (χ1n) is 6.52. The van der Waals surface area contributed by atoms with Crippen molar-refractivity contribution in [2.45, 2.75) is 12.6 Å². The second kappa shape index (κ2) is 6.44. The van der Waals surface area contributed by atoms with Crippen molar-refractivity contribution in [2.75, 3.05) is 26.9 Å².